The summed E-state index contributed by atoms with van der Waals surface area (Å²) in [5.74, 6) is -2.80. The van der Waals surface area contributed by atoms with Crippen LogP contribution in [0.1, 0.15) is 23.7 Å². The molecule has 26 heavy (non-hydrogen) atoms. The fourth-order valence-corrected chi connectivity index (χ4v) is 2.49. The molecule has 0 saturated carbocycles. The van der Waals surface area contributed by atoms with Gasteiger partial charge in [-0.05, 0) is 30.7 Å². The molecule has 2 aromatic carbocycles. The van der Waals surface area contributed by atoms with E-state index in [-0.39, 0.29) is 13.1 Å². The van der Waals surface area contributed by atoms with Gasteiger partial charge in [0.1, 0.15) is 29.5 Å². The van der Waals surface area contributed by atoms with E-state index in [0.717, 1.165) is 17.0 Å². The number of amides is 2. The van der Waals surface area contributed by atoms with Crippen LogP contribution in [-0.2, 0) is 4.79 Å². The monoisotopic (exact) mass is 362 g/mol. The first-order valence-electron chi connectivity index (χ1n) is 8.14. The quantitative estimate of drug-likeness (QED) is 0.821. The van der Waals surface area contributed by atoms with Gasteiger partial charge in [-0.25, -0.2) is 8.78 Å². The number of nitrogens with zero attached hydrogens (tertiary/aromatic N) is 1. The lowest BCUT2D eigenvalue weighted by Gasteiger charge is -2.22. The molecule has 0 aliphatic heterocycles. The summed E-state index contributed by atoms with van der Waals surface area (Å²) in [7, 11) is 1.47. The maximum Gasteiger partial charge on any atom is 0.260 e. The van der Waals surface area contributed by atoms with Crippen LogP contribution in [0.2, 0.25) is 0 Å². The van der Waals surface area contributed by atoms with Gasteiger partial charge in [-0.3, -0.25) is 9.59 Å². The number of para-hydroxylation sites is 2. The van der Waals surface area contributed by atoms with Crippen LogP contribution in [0.4, 0.5) is 14.5 Å². The molecule has 0 aliphatic rings. The molecule has 0 saturated heterocycles. The molecule has 0 spiro atoms. The Morgan fingerprint density at radius 2 is 1.73 bits per heavy atom. The van der Waals surface area contributed by atoms with E-state index in [9.17, 15) is 18.4 Å². The molecule has 0 heterocycles. The van der Waals surface area contributed by atoms with Crippen molar-refractivity contribution in [2.45, 2.75) is 13.3 Å². The van der Waals surface area contributed by atoms with E-state index < -0.39 is 29.0 Å². The zero-order valence-electron chi connectivity index (χ0n) is 14.6. The number of nitrogens with one attached hydrogen (secondary N) is 1. The summed E-state index contributed by atoms with van der Waals surface area (Å²) in [5.41, 5.74) is -0.216. The maximum atomic E-state index is 13.9. The molecule has 5 nitrogen and oxygen atoms in total. The molecule has 0 aliphatic carbocycles. The second-order valence-electron chi connectivity index (χ2n) is 5.57. The molecule has 0 radical (unpaired) electrons. The van der Waals surface area contributed by atoms with E-state index in [1.54, 1.807) is 31.2 Å². The Labute approximate surface area is 150 Å². The van der Waals surface area contributed by atoms with Gasteiger partial charge in [0.2, 0.25) is 5.91 Å². The Morgan fingerprint density at radius 3 is 2.35 bits per heavy atom. The Balaban J connectivity index is 2.17. The minimum Gasteiger partial charge on any atom is -0.495 e. The van der Waals surface area contributed by atoms with Gasteiger partial charge in [0.15, 0.2) is 0 Å². The van der Waals surface area contributed by atoms with Crippen molar-refractivity contribution in [2.75, 3.05) is 25.5 Å². The Morgan fingerprint density at radius 1 is 1.08 bits per heavy atom. The third-order valence-electron chi connectivity index (χ3n) is 3.67. The summed E-state index contributed by atoms with van der Waals surface area (Å²) in [6.07, 6.45) is 0.531. The van der Waals surface area contributed by atoms with Gasteiger partial charge in [0, 0.05) is 6.54 Å². The van der Waals surface area contributed by atoms with Crippen molar-refractivity contribution in [3.63, 3.8) is 0 Å². The molecule has 7 heteroatoms. The number of hydrogen-bond donors (Lipinski definition) is 1. The maximum absolute atomic E-state index is 13.9. The topological polar surface area (TPSA) is 58.6 Å². The van der Waals surface area contributed by atoms with Crippen LogP contribution in [0.25, 0.3) is 0 Å². The van der Waals surface area contributed by atoms with Crippen molar-refractivity contribution in [1.29, 1.82) is 0 Å². The zero-order chi connectivity index (χ0) is 19.1. The van der Waals surface area contributed by atoms with Crippen molar-refractivity contribution < 1.29 is 23.1 Å². The summed E-state index contributed by atoms with van der Waals surface area (Å²) in [4.78, 5) is 26.0. The van der Waals surface area contributed by atoms with Gasteiger partial charge < -0.3 is 15.0 Å². The molecule has 138 valence electrons. The summed E-state index contributed by atoms with van der Waals surface area (Å²) in [5, 5.41) is 2.64. The first-order chi connectivity index (χ1) is 12.5. The zero-order valence-corrected chi connectivity index (χ0v) is 14.6. The van der Waals surface area contributed by atoms with E-state index in [0.29, 0.717) is 17.9 Å². The van der Waals surface area contributed by atoms with Crippen LogP contribution in [0, 0.1) is 11.6 Å². The van der Waals surface area contributed by atoms with Crippen LogP contribution in [-0.4, -0.2) is 36.9 Å². The lowest BCUT2D eigenvalue weighted by atomic mass is 10.1. The van der Waals surface area contributed by atoms with Gasteiger partial charge in [0.05, 0.1) is 12.8 Å². The van der Waals surface area contributed by atoms with Crippen LogP contribution >= 0.6 is 0 Å². The highest BCUT2D eigenvalue weighted by molar-refractivity contribution is 6.00. The number of ether oxygens (including phenoxy) is 1. The smallest absolute Gasteiger partial charge is 0.260 e. The third-order valence-corrected chi connectivity index (χ3v) is 3.67. The lowest BCUT2D eigenvalue weighted by molar-refractivity contribution is -0.116. The fourth-order valence-electron chi connectivity index (χ4n) is 2.49. The summed E-state index contributed by atoms with van der Waals surface area (Å²) in [6, 6.07) is 10.0. The van der Waals surface area contributed by atoms with Crippen LogP contribution in [0.15, 0.2) is 42.5 Å². The predicted molar refractivity (Wildman–Crippen MR) is 94.2 cm³/mol. The number of rotatable bonds is 7. The molecule has 2 amide bonds. The normalized spacial score (nSPS) is 10.3. The summed E-state index contributed by atoms with van der Waals surface area (Å²) >= 11 is 0. The van der Waals surface area contributed by atoms with Crippen molar-refractivity contribution in [3.8, 4) is 5.75 Å². The van der Waals surface area contributed by atoms with E-state index >= 15 is 0 Å². The molecule has 0 atom stereocenters. The van der Waals surface area contributed by atoms with Gasteiger partial charge in [-0.15, -0.1) is 0 Å². The van der Waals surface area contributed by atoms with Crippen LogP contribution in [0.3, 0.4) is 0 Å². The largest absolute Gasteiger partial charge is 0.495 e. The van der Waals surface area contributed by atoms with E-state index in [1.807, 2.05) is 0 Å². The second kappa shape index (κ2) is 8.94. The van der Waals surface area contributed by atoms with Crippen molar-refractivity contribution >= 4 is 17.5 Å². The molecule has 2 aromatic rings. The minimum atomic E-state index is -0.957. The summed E-state index contributed by atoms with van der Waals surface area (Å²) in [6.45, 7) is 1.65. The Kier molecular flexibility index (Phi) is 6.66. The van der Waals surface area contributed by atoms with Crippen molar-refractivity contribution in [1.82, 2.24) is 4.90 Å². The number of carbonyl (C=O) groups excluding carboxylic acids is 2. The third kappa shape index (κ3) is 4.56. The molecule has 0 fully saturated rings. The average Bonchev–Trinajstić information content (AvgIpc) is 2.61. The lowest BCUT2D eigenvalue weighted by Crippen LogP contribution is -2.39. The van der Waals surface area contributed by atoms with Gasteiger partial charge in [-0.1, -0.05) is 25.1 Å². The van der Waals surface area contributed by atoms with E-state index in [1.165, 1.54) is 13.2 Å². The standard InChI is InChI=1S/C19H20F2N2O3/c1-3-11-23(19(25)18-13(20)7-6-8-14(18)21)12-17(24)22-15-9-4-5-10-16(15)26-2/h4-10H,3,11-12H2,1-2H3,(H,22,24). The highest BCUT2D eigenvalue weighted by Gasteiger charge is 2.24. The van der Waals surface area contributed by atoms with E-state index in [2.05, 4.69) is 5.32 Å². The highest BCUT2D eigenvalue weighted by Crippen LogP contribution is 2.23. The number of anilines is 1. The molecule has 0 bridgehead atoms. The predicted octanol–water partition coefficient (Wildman–Crippen LogP) is 3.46. The molecule has 0 unspecified atom stereocenters. The molecular weight excluding hydrogens is 342 g/mol. The van der Waals surface area contributed by atoms with Crippen molar-refractivity contribution in [2.24, 2.45) is 0 Å². The van der Waals surface area contributed by atoms with Crippen molar-refractivity contribution in [3.05, 3.63) is 59.7 Å². The average molecular weight is 362 g/mol. The Hall–Kier alpha value is -2.96. The van der Waals surface area contributed by atoms with Gasteiger partial charge in [-0.2, -0.15) is 0 Å². The fraction of sp³-hybridized carbons (Fsp3) is 0.263. The number of halogens is 2. The van der Waals surface area contributed by atoms with Crippen LogP contribution in [0.5, 0.6) is 5.75 Å². The number of methoxy groups -OCH3 is 1. The molecule has 1 N–H and O–H groups in total. The first kappa shape index (κ1) is 19.4. The Bertz CT molecular complexity index is 776. The number of carbonyl (C=O) groups is 2. The molecular formula is C19H20F2N2O3. The molecule has 2 rings (SSSR count). The number of hydrogen-bond acceptors (Lipinski definition) is 3. The van der Waals surface area contributed by atoms with Gasteiger partial charge >= 0.3 is 0 Å². The first-order valence-corrected chi connectivity index (χ1v) is 8.14. The summed E-state index contributed by atoms with van der Waals surface area (Å²) < 4.78 is 32.9. The van der Waals surface area contributed by atoms with E-state index in [4.69, 9.17) is 4.74 Å². The molecule has 0 aromatic heterocycles. The SMILES string of the molecule is CCCN(CC(=O)Nc1ccccc1OC)C(=O)c1c(F)cccc1F. The minimum absolute atomic E-state index is 0.186. The second-order valence-corrected chi connectivity index (χ2v) is 5.57. The number of benzene rings is 2. The van der Waals surface area contributed by atoms with Gasteiger partial charge in [0.25, 0.3) is 5.91 Å². The highest BCUT2D eigenvalue weighted by atomic mass is 19.1. The van der Waals surface area contributed by atoms with Crippen LogP contribution < -0.4 is 10.1 Å².